The summed E-state index contributed by atoms with van der Waals surface area (Å²) in [6.45, 7) is 14.5. The molecule has 5 heteroatoms. The van der Waals surface area contributed by atoms with Gasteiger partial charge in [-0.05, 0) is 67.0 Å². The van der Waals surface area contributed by atoms with Crippen molar-refractivity contribution in [3.05, 3.63) is 98.6 Å². The van der Waals surface area contributed by atoms with Crippen LogP contribution in [0.25, 0.3) is 16.7 Å². The van der Waals surface area contributed by atoms with Gasteiger partial charge in [-0.3, -0.25) is 14.3 Å². The predicted octanol–water partition coefficient (Wildman–Crippen LogP) is 6.42. The molecule has 0 unspecified atom stereocenters. The van der Waals surface area contributed by atoms with Gasteiger partial charge in [0.05, 0.1) is 0 Å². The summed E-state index contributed by atoms with van der Waals surface area (Å²) in [4.78, 5) is 24.4. The zero-order valence-electron chi connectivity index (χ0n) is 22.7. The van der Waals surface area contributed by atoms with Gasteiger partial charge in [0.2, 0.25) is 0 Å². The van der Waals surface area contributed by atoms with Gasteiger partial charge >= 0.3 is 0 Å². The van der Waals surface area contributed by atoms with Crippen molar-refractivity contribution in [3.63, 3.8) is 0 Å². The Labute approximate surface area is 215 Å². The molecule has 0 saturated heterocycles. The molecule has 1 aliphatic heterocycles. The highest BCUT2D eigenvalue weighted by atomic mass is 16.1. The van der Waals surface area contributed by atoms with E-state index in [2.05, 4.69) is 75.9 Å². The van der Waals surface area contributed by atoms with E-state index in [1.54, 1.807) is 17.7 Å². The van der Waals surface area contributed by atoms with Gasteiger partial charge < -0.3 is 4.90 Å². The van der Waals surface area contributed by atoms with Crippen molar-refractivity contribution >= 4 is 5.57 Å². The van der Waals surface area contributed by atoms with Crippen LogP contribution < -0.4 is 5.56 Å². The smallest absolute Gasteiger partial charge is 0.253 e. The number of hydrogen-bond acceptors (Lipinski definition) is 4. The maximum absolute atomic E-state index is 12.4. The molecule has 0 aliphatic carbocycles. The summed E-state index contributed by atoms with van der Waals surface area (Å²) in [5.41, 5.74) is 10.4. The molecule has 1 aromatic carbocycles. The first-order valence-corrected chi connectivity index (χ1v) is 13.0. The Kier molecular flexibility index (Phi) is 7.58. The van der Waals surface area contributed by atoms with Crippen LogP contribution in [0.3, 0.4) is 0 Å². The quantitative estimate of drug-likeness (QED) is 0.381. The highest BCUT2D eigenvalue weighted by Crippen LogP contribution is 2.33. The summed E-state index contributed by atoms with van der Waals surface area (Å²) in [6.07, 6.45) is 6.18. The normalized spacial score (nSPS) is 14.7. The van der Waals surface area contributed by atoms with E-state index < -0.39 is 0 Å². The minimum Gasteiger partial charge on any atom is -0.367 e. The highest BCUT2D eigenvalue weighted by molar-refractivity contribution is 5.69. The highest BCUT2D eigenvalue weighted by Gasteiger charge is 2.23. The van der Waals surface area contributed by atoms with Crippen molar-refractivity contribution in [2.45, 2.75) is 66.8 Å². The van der Waals surface area contributed by atoms with Crippen LogP contribution in [0, 0.1) is 6.92 Å². The minimum absolute atomic E-state index is 0.0298. The molecule has 0 spiro atoms. The van der Waals surface area contributed by atoms with Crippen molar-refractivity contribution in [1.82, 2.24) is 19.4 Å². The third-order valence-corrected chi connectivity index (χ3v) is 7.22. The number of hydrogen-bond donors (Lipinski definition) is 0. The first-order chi connectivity index (χ1) is 17.2. The second-order valence-corrected chi connectivity index (χ2v) is 10.1. The average Bonchev–Trinajstić information content (AvgIpc) is 2.87. The summed E-state index contributed by atoms with van der Waals surface area (Å²) >= 11 is 0. The van der Waals surface area contributed by atoms with Gasteiger partial charge in [0.25, 0.3) is 5.56 Å². The lowest BCUT2D eigenvalue weighted by Crippen LogP contribution is -2.31. The van der Waals surface area contributed by atoms with Gasteiger partial charge in [-0.2, -0.15) is 0 Å². The van der Waals surface area contributed by atoms with E-state index in [-0.39, 0.29) is 5.56 Å². The van der Waals surface area contributed by atoms with E-state index in [9.17, 15) is 4.79 Å². The Hall–Kier alpha value is -3.47. The number of fused-ring (bicyclic) bond motifs is 1. The molecular formula is C31H38N4O. The van der Waals surface area contributed by atoms with Crippen molar-refractivity contribution in [2.75, 3.05) is 6.54 Å². The molecule has 3 aromatic rings. The topological polar surface area (TPSA) is 51.0 Å². The van der Waals surface area contributed by atoms with Crippen LogP contribution in [0.2, 0.25) is 0 Å². The fraction of sp³-hybridized carbons (Fsp3) is 0.387. The summed E-state index contributed by atoms with van der Waals surface area (Å²) in [5, 5.41) is 0. The lowest BCUT2D eigenvalue weighted by molar-refractivity contribution is 0.324. The van der Waals surface area contributed by atoms with Crippen LogP contribution in [-0.2, 0) is 20.0 Å². The first kappa shape index (κ1) is 25.6. The van der Waals surface area contributed by atoms with Crippen molar-refractivity contribution < 1.29 is 0 Å². The van der Waals surface area contributed by atoms with Crippen LogP contribution >= 0.6 is 0 Å². The van der Waals surface area contributed by atoms with E-state index >= 15 is 0 Å². The van der Waals surface area contributed by atoms with Crippen molar-refractivity contribution in [2.24, 2.45) is 7.05 Å². The second kappa shape index (κ2) is 10.7. The van der Waals surface area contributed by atoms with E-state index in [4.69, 9.17) is 9.97 Å². The second-order valence-electron chi connectivity index (χ2n) is 10.1. The van der Waals surface area contributed by atoms with Gasteiger partial charge in [0.1, 0.15) is 5.82 Å². The summed E-state index contributed by atoms with van der Waals surface area (Å²) < 4.78 is 1.64. The molecule has 5 nitrogen and oxygen atoms in total. The molecule has 0 bridgehead atoms. The first-order valence-electron chi connectivity index (χ1n) is 13.0. The molecule has 0 fully saturated rings. The SMILES string of the molecule is CC/C=C(/C(C)=C(/C)c1nc(C)cc(=O)n1C)N1CCc2ncc(-c3ccccc3C(C)C)cc2C1. The molecular weight excluding hydrogens is 444 g/mol. The van der Waals surface area contributed by atoms with Crippen molar-refractivity contribution in [3.8, 4) is 11.1 Å². The van der Waals surface area contributed by atoms with E-state index in [0.29, 0.717) is 5.92 Å². The standard InChI is InChI=1S/C31H38N4O/c1-8-11-29(22(5)23(6)31-33-21(4)16-30(36)34(31)7)35-15-14-28-25(19-35)17-24(18-32-28)27-13-10-9-12-26(27)20(2)3/h9-13,16-18,20H,8,14-15,19H2,1-7H3/b23-22-,29-11-. The molecule has 36 heavy (non-hydrogen) atoms. The van der Waals surface area contributed by atoms with Gasteiger partial charge in [0.15, 0.2) is 0 Å². The third kappa shape index (κ3) is 5.06. The zero-order chi connectivity index (χ0) is 26.0. The molecule has 0 N–H and O–H groups in total. The molecule has 0 atom stereocenters. The third-order valence-electron chi connectivity index (χ3n) is 7.22. The van der Waals surface area contributed by atoms with E-state index in [0.717, 1.165) is 48.6 Å². The van der Waals surface area contributed by atoms with Crippen LogP contribution in [0.5, 0.6) is 0 Å². The van der Waals surface area contributed by atoms with Crippen molar-refractivity contribution in [1.29, 1.82) is 0 Å². The Balaban J connectivity index is 1.71. The molecule has 0 saturated carbocycles. The van der Waals surface area contributed by atoms with Gasteiger partial charge in [-0.15, -0.1) is 0 Å². The molecule has 3 heterocycles. The molecule has 4 rings (SSSR count). The van der Waals surface area contributed by atoms with Gasteiger partial charge in [0, 0.05) is 61.5 Å². The molecule has 2 aromatic heterocycles. The lowest BCUT2D eigenvalue weighted by atomic mass is 9.91. The van der Waals surface area contributed by atoms with E-state index in [1.807, 2.05) is 13.1 Å². The molecule has 188 valence electrons. The number of rotatable bonds is 6. The van der Waals surface area contributed by atoms with E-state index in [1.165, 1.54) is 33.6 Å². The number of aromatic nitrogens is 3. The maximum atomic E-state index is 12.4. The molecule has 0 radical (unpaired) electrons. The summed E-state index contributed by atoms with van der Waals surface area (Å²) in [7, 11) is 1.80. The van der Waals surface area contributed by atoms with Gasteiger partial charge in [-0.1, -0.05) is 51.1 Å². The van der Waals surface area contributed by atoms with Crippen LogP contribution in [0.15, 0.2) is 64.7 Å². The fourth-order valence-corrected chi connectivity index (χ4v) is 5.10. The minimum atomic E-state index is -0.0298. The van der Waals surface area contributed by atoms with Crippen LogP contribution in [-0.4, -0.2) is 26.0 Å². The predicted molar refractivity (Wildman–Crippen MR) is 149 cm³/mol. The maximum Gasteiger partial charge on any atom is 0.253 e. The Bertz CT molecular complexity index is 1390. The van der Waals surface area contributed by atoms with Gasteiger partial charge in [-0.25, -0.2) is 4.98 Å². The summed E-state index contributed by atoms with van der Waals surface area (Å²) in [5.74, 6) is 1.18. The number of pyridine rings is 1. The number of benzene rings is 1. The Morgan fingerprint density at radius 3 is 2.64 bits per heavy atom. The zero-order valence-corrected chi connectivity index (χ0v) is 22.7. The Morgan fingerprint density at radius 2 is 1.92 bits per heavy atom. The number of allylic oxidation sites excluding steroid dienone is 3. The summed E-state index contributed by atoms with van der Waals surface area (Å²) in [6, 6.07) is 12.6. The molecule has 0 amide bonds. The fourth-order valence-electron chi connectivity index (χ4n) is 5.10. The van der Waals surface area contributed by atoms with Crippen LogP contribution in [0.4, 0.5) is 0 Å². The molecule has 1 aliphatic rings. The number of nitrogens with zero attached hydrogens (tertiary/aromatic N) is 4. The largest absolute Gasteiger partial charge is 0.367 e. The average molecular weight is 483 g/mol. The lowest BCUT2D eigenvalue weighted by Gasteiger charge is -2.33. The van der Waals surface area contributed by atoms with Crippen LogP contribution in [0.1, 0.15) is 75.3 Å². The number of aryl methyl sites for hydroxylation is 1. The monoisotopic (exact) mass is 482 g/mol. The Morgan fingerprint density at radius 1 is 1.17 bits per heavy atom.